The zero-order valence-electron chi connectivity index (χ0n) is 10.3. The summed E-state index contributed by atoms with van der Waals surface area (Å²) in [7, 11) is 0. The maximum Gasteiger partial charge on any atom is 0.238 e. The molecule has 1 aromatic rings. The van der Waals surface area contributed by atoms with Crippen molar-refractivity contribution in [1.82, 2.24) is 4.90 Å². The number of nitrogens with zero attached hydrogens (tertiary/aromatic N) is 2. The van der Waals surface area contributed by atoms with Crippen LogP contribution in [0, 0.1) is 17.2 Å². The number of ketones is 1. The van der Waals surface area contributed by atoms with Crippen molar-refractivity contribution in [2.45, 2.75) is 13.5 Å². The number of rotatable bonds is 2. The maximum absolute atomic E-state index is 12.0. The Morgan fingerprint density at radius 3 is 2.74 bits per heavy atom. The predicted molar refractivity (Wildman–Crippen MR) is 69.8 cm³/mol. The van der Waals surface area contributed by atoms with Gasteiger partial charge in [0.05, 0.1) is 24.1 Å². The summed E-state index contributed by atoms with van der Waals surface area (Å²) in [5.74, 6) is -1.36. The lowest BCUT2D eigenvalue weighted by Gasteiger charge is -2.28. The van der Waals surface area contributed by atoms with Gasteiger partial charge < -0.3 is 0 Å². The Kier molecular flexibility index (Phi) is 3.68. The van der Waals surface area contributed by atoms with E-state index in [1.165, 1.54) is 11.0 Å². The molecular formula is C14H11ClN2O2. The van der Waals surface area contributed by atoms with Crippen LogP contribution in [0.1, 0.15) is 18.1 Å². The van der Waals surface area contributed by atoms with E-state index in [1.807, 2.05) is 0 Å². The van der Waals surface area contributed by atoms with Crippen LogP contribution in [0.25, 0.3) is 0 Å². The molecule has 0 aromatic heterocycles. The summed E-state index contributed by atoms with van der Waals surface area (Å²) in [4.78, 5) is 24.8. The highest BCUT2D eigenvalue weighted by atomic mass is 35.5. The molecule has 1 aromatic carbocycles. The number of benzene rings is 1. The Balaban J connectivity index is 2.33. The highest BCUT2D eigenvalue weighted by Gasteiger charge is 2.32. The van der Waals surface area contributed by atoms with Crippen molar-refractivity contribution in [2.24, 2.45) is 5.92 Å². The molecular weight excluding hydrogens is 264 g/mol. The van der Waals surface area contributed by atoms with E-state index in [9.17, 15) is 9.59 Å². The summed E-state index contributed by atoms with van der Waals surface area (Å²) in [5, 5.41) is 9.12. The van der Waals surface area contributed by atoms with Gasteiger partial charge in [-0.1, -0.05) is 29.8 Å². The highest BCUT2D eigenvalue weighted by molar-refractivity contribution is 6.33. The first-order chi connectivity index (χ1) is 9.04. The van der Waals surface area contributed by atoms with Crippen LogP contribution in [0.15, 0.2) is 35.5 Å². The van der Waals surface area contributed by atoms with E-state index in [2.05, 4.69) is 6.07 Å². The third kappa shape index (κ3) is 2.51. The SMILES string of the molecule is CC1C(=O)C=C(Cl)N(Cc2ccccc2C#N)C1=O. The van der Waals surface area contributed by atoms with Crippen molar-refractivity contribution in [3.8, 4) is 6.07 Å². The van der Waals surface area contributed by atoms with E-state index < -0.39 is 5.92 Å². The zero-order chi connectivity index (χ0) is 14.0. The van der Waals surface area contributed by atoms with E-state index in [0.717, 1.165) is 0 Å². The molecule has 0 N–H and O–H groups in total. The van der Waals surface area contributed by atoms with Crippen LogP contribution < -0.4 is 0 Å². The van der Waals surface area contributed by atoms with Gasteiger partial charge in [0.15, 0.2) is 5.78 Å². The topological polar surface area (TPSA) is 61.2 Å². The molecule has 96 valence electrons. The standard InChI is InChI=1S/C14H11ClN2O2/c1-9-12(18)6-13(15)17(14(9)19)8-11-5-3-2-4-10(11)7-16/h2-6,9H,8H2,1H3. The first-order valence-electron chi connectivity index (χ1n) is 5.75. The molecule has 1 unspecified atom stereocenters. The van der Waals surface area contributed by atoms with E-state index in [0.29, 0.717) is 11.1 Å². The van der Waals surface area contributed by atoms with Gasteiger partial charge in [-0.3, -0.25) is 14.5 Å². The van der Waals surface area contributed by atoms with Crippen LogP contribution in [-0.2, 0) is 16.1 Å². The van der Waals surface area contributed by atoms with E-state index in [-0.39, 0.29) is 23.4 Å². The van der Waals surface area contributed by atoms with Gasteiger partial charge in [-0.05, 0) is 18.6 Å². The number of amides is 1. The number of carbonyl (C=O) groups is 2. The summed E-state index contributed by atoms with van der Waals surface area (Å²) in [6.45, 7) is 1.74. The third-order valence-electron chi connectivity index (χ3n) is 3.05. The Morgan fingerprint density at radius 1 is 1.37 bits per heavy atom. The molecule has 0 bridgehead atoms. The van der Waals surface area contributed by atoms with Gasteiger partial charge >= 0.3 is 0 Å². The van der Waals surface area contributed by atoms with E-state index in [4.69, 9.17) is 16.9 Å². The minimum absolute atomic E-state index is 0.0980. The molecule has 1 aliphatic rings. The molecule has 1 heterocycles. The molecule has 0 radical (unpaired) electrons. The van der Waals surface area contributed by atoms with Crippen molar-refractivity contribution in [1.29, 1.82) is 5.26 Å². The summed E-state index contributed by atoms with van der Waals surface area (Å²) < 4.78 is 0. The maximum atomic E-state index is 12.0. The fraction of sp³-hybridized carbons (Fsp3) is 0.214. The molecule has 2 rings (SSSR count). The quantitative estimate of drug-likeness (QED) is 0.613. The van der Waals surface area contributed by atoms with Crippen molar-refractivity contribution in [2.75, 3.05) is 0 Å². The number of halogens is 1. The number of nitriles is 1. The molecule has 5 heteroatoms. The molecule has 0 saturated carbocycles. The first-order valence-corrected chi connectivity index (χ1v) is 6.13. The van der Waals surface area contributed by atoms with Crippen LogP contribution in [0.4, 0.5) is 0 Å². The summed E-state index contributed by atoms with van der Waals surface area (Å²) in [6.07, 6.45) is 1.25. The molecule has 19 heavy (non-hydrogen) atoms. The number of allylic oxidation sites excluding steroid dienone is 1. The average molecular weight is 275 g/mol. The Morgan fingerprint density at radius 2 is 2.05 bits per heavy atom. The number of hydrogen-bond acceptors (Lipinski definition) is 3. The molecule has 4 nitrogen and oxygen atoms in total. The van der Waals surface area contributed by atoms with Crippen molar-refractivity contribution in [3.05, 3.63) is 46.6 Å². The molecule has 1 amide bonds. The molecule has 0 fully saturated rings. The Hall–Kier alpha value is -2.12. The Bertz CT molecular complexity index is 616. The second kappa shape index (κ2) is 5.25. The van der Waals surface area contributed by atoms with Gasteiger partial charge in [-0.2, -0.15) is 5.26 Å². The second-order valence-corrected chi connectivity index (χ2v) is 4.67. The van der Waals surface area contributed by atoms with Crippen LogP contribution in [-0.4, -0.2) is 16.6 Å². The normalized spacial score (nSPS) is 19.1. The van der Waals surface area contributed by atoms with Crippen LogP contribution >= 0.6 is 11.6 Å². The van der Waals surface area contributed by atoms with Crippen LogP contribution in [0.3, 0.4) is 0 Å². The molecule has 0 spiro atoms. The van der Waals surface area contributed by atoms with Gasteiger partial charge in [-0.25, -0.2) is 0 Å². The average Bonchev–Trinajstić information content (AvgIpc) is 2.41. The zero-order valence-corrected chi connectivity index (χ0v) is 11.0. The van der Waals surface area contributed by atoms with Gasteiger partial charge in [0, 0.05) is 6.08 Å². The molecule has 0 aliphatic carbocycles. The lowest BCUT2D eigenvalue weighted by atomic mass is 10.0. The summed E-state index contributed by atoms with van der Waals surface area (Å²) in [5.41, 5.74) is 1.19. The molecule has 1 atom stereocenters. The third-order valence-corrected chi connectivity index (χ3v) is 3.36. The molecule has 0 saturated heterocycles. The van der Waals surface area contributed by atoms with Crippen molar-refractivity contribution in [3.63, 3.8) is 0 Å². The minimum Gasteiger partial charge on any atom is -0.297 e. The van der Waals surface area contributed by atoms with E-state index >= 15 is 0 Å². The van der Waals surface area contributed by atoms with Gasteiger partial charge in [-0.15, -0.1) is 0 Å². The summed E-state index contributed by atoms with van der Waals surface area (Å²) >= 11 is 5.95. The van der Waals surface area contributed by atoms with Crippen molar-refractivity contribution >= 4 is 23.3 Å². The smallest absolute Gasteiger partial charge is 0.238 e. The minimum atomic E-state index is -0.725. The number of hydrogen-bond donors (Lipinski definition) is 0. The Labute approximate surface area is 115 Å². The fourth-order valence-corrected chi connectivity index (χ4v) is 2.12. The number of carbonyl (C=O) groups excluding carboxylic acids is 2. The van der Waals surface area contributed by atoms with Gasteiger partial charge in [0.25, 0.3) is 0 Å². The van der Waals surface area contributed by atoms with E-state index in [1.54, 1.807) is 31.2 Å². The van der Waals surface area contributed by atoms with Crippen LogP contribution in [0.2, 0.25) is 0 Å². The van der Waals surface area contributed by atoms with Crippen molar-refractivity contribution < 1.29 is 9.59 Å². The first kappa shape index (κ1) is 13.3. The lowest BCUT2D eigenvalue weighted by molar-refractivity contribution is -0.139. The molecule has 1 aliphatic heterocycles. The predicted octanol–water partition coefficient (Wildman–Crippen LogP) is 2.19. The summed E-state index contributed by atoms with van der Waals surface area (Å²) in [6, 6.07) is 9.05. The van der Waals surface area contributed by atoms with Gasteiger partial charge in [0.2, 0.25) is 5.91 Å². The largest absolute Gasteiger partial charge is 0.297 e. The lowest BCUT2D eigenvalue weighted by Crippen LogP contribution is -2.39. The monoisotopic (exact) mass is 274 g/mol. The highest BCUT2D eigenvalue weighted by Crippen LogP contribution is 2.24. The van der Waals surface area contributed by atoms with Gasteiger partial charge in [0.1, 0.15) is 5.16 Å². The van der Waals surface area contributed by atoms with Crippen LogP contribution in [0.5, 0.6) is 0 Å². The second-order valence-electron chi connectivity index (χ2n) is 4.28. The fourth-order valence-electron chi connectivity index (χ4n) is 1.87.